The van der Waals surface area contributed by atoms with Gasteiger partial charge in [0, 0.05) is 37.1 Å². The fourth-order valence-corrected chi connectivity index (χ4v) is 3.48. The summed E-state index contributed by atoms with van der Waals surface area (Å²) in [5.41, 5.74) is 2.32. The number of amides is 2. The minimum Gasteiger partial charge on any atom is -0.423 e. The van der Waals surface area contributed by atoms with Gasteiger partial charge in [-0.05, 0) is 31.0 Å². The first-order valence-electron chi connectivity index (χ1n) is 9.13. The van der Waals surface area contributed by atoms with Gasteiger partial charge in [0.15, 0.2) is 6.10 Å². The number of benzene rings is 1. The van der Waals surface area contributed by atoms with Crippen LogP contribution in [0.15, 0.2) is 34.9 Å². The molecule has 8 heteroatoms. The van der Waals surface area contributed by atoms with E-state index in [1.807, 2.05) is 25.3 Å². The number of urea groups is 1. The minimum absolute atomic E-state index is 0.102. The molecule has 2 N–H and O–H groups in total. The van der Waals surface area contributed by atoms with Crippen molar-refractivity contribution in [2.24, 2.45) is 0 Å². The molecule has 2 atom stereocenters. The number of H-pyrrole nitrogens is 1. The van der Waals surface area contributed by atoms with Crippen LogP contribution >= 0.6 is 0 Å². The van der Waals surface area contributed by atoms with Crippen LogP contribution in [0.1, 0.15) is 30.4 Å². The highest BCUT2D eigenvalue weighted by Crippen LogP contribution is 2.24. The predicted octanol–water partition coefficient (Wildman–Crippen LogP) is 2.57. The highest BCUT2D eigenvalue weighted by molar-refractivity contribution is 5.83. The van der Waals surface area contributed by atoms with E-state index in [9.17, 15) is 4.79 Å². The average molecular weight is 369 g/mol. The summed E-state index contributed by atoms with van der Waals surface area (Å²) in [6, 6.07) is 8.12. The van der Waals surface area contributed by atoms with E-state index in [1.165, 1.54) is 10.9 Å². The molecule has 0 saturated carbocycles. The van der Waals surface area contributed by atoms with Crippen LogP contribution in [0.5, 0.6) is 0 Å². The lowest BCUT2D eigenvalue weighted by Crippen LogP contribution is -2.50. The Balaban J connectivity index is 1.35. The van der Waals surface area contributed by atoms with Crippen LogP contribution < -0.4 is 5.32 Å². The van der Waals surface area contributed by atoms with Crippen molar-refractivity contribution < 1.29 is 13.9 Å². The van der Waals surface area contributed by atoms with E-state index >= 15 is 0 Å². The molecule has 1 aliphatic rings. The van der Waals surface area contributed by atoms with Crippen molar-refractivity contribution in [1.82, 2.24) is 25.4 Å². The summed E-state index contributed by atoms with van der Waals surface area (Å²) in [6.45, 7) is 5.16. The van der Waals surface area contributed by atoms with Gasteiger partial charge < -0.3 is 24.4 Å². The van der Waals surface area contributed by atoms with E-state index in [0.29, 0.717) is 31.4 Å². The highest BCUT2D eigenvalue weighted by Gasteiger charge is 2.32. The van der Waals surface area contributed by atoms with Crippen molar-refractivity contribution in [3.8, 4) is 0 Å². The number of nitrogens with one attached hydrogen (secondary N) is 2. The maximum Gasteiger partial charge on any atom is 0.317 e. The van der Waals surface area contributed by atoms with Crippen molar-refractivity contribution in [1.29, 1.82) is 0 Å². The average Bonchev–Trinajstić information content (AvgIpc) is 3.30. The number of nitrogens with zero attached hydrogens (tertiary/aromatic N) is 3. The summed E-state index contributed by atoms with van der Waals surface area (Å²) >= 11 is 0. The molecule has 0 bridgehead atoms. The Labute approximate surface area is 156 Å². The lowest BCUT2D eigenvalue weighted by molar-refractivity contribution is -0.0767. The number of aryl methyl sites for hydroxylation is 1. The molecule has 27 heavy (non-hydrogen) atoms. The van der Waals surface area contributed by atoms with E-state index in [-0.39, 0.29) is 12.1 Å². The number of fused-ring (bicyclic) bond motifs is 1. The quantitative estimate of drug-likeness (QED) is 0.737. The normalized spacial score (nSPS) is 20.1. The number of carbonyl (C=O) groups excluding carboxylic acids is 1. The summed E-state index contributed by atoms with van der Waals surface area (Å²) in [6.07, 6.45) is 2.21. The summed E-state index contributed by atoms with van der Waals surface area (Å²) in [5, 5.41) is 12.1. The monoisotopic (exact) mass is 369 g/mol. The number of rotatable bonds is 4. The Kier molecular flexibility index (Phi) is 4.81. The smallest absolute Gasteiger partial charge is 0.317 e. The van der Waals surface area contributed by atoms with E-state index in [4.69, 9.17) is 9.15 Å². The van der Waals surface area contributed by atoms with Gasteiger partial charge in [0.05, 0.1) is 12.6 Å². The molecule has 0 unspecified atom stereocenters. The third-order valence-corrected chi connectivity index (χ3v) is 4.72. The van der Waals surface area contributed by atoms with Crippen LogP contribution in [-0.2, 0) is 11.2 Å². The molecule has 2 aromatic heterocycles. The second-order valence-corrected chi connectivity index (χ2v) is 6.84. The number of hydrogen-bond donors (Lipinski definition) is 2. The van der Waals surface area contributed by atoms with Gasteiger partial charge in [-0.1, -0.05) is 12.1 Å². The molecular weight excluding hydrogens is 346 g/mol. The first-order chi connectivity index (χ1) is 13.1. The molecule has 1 aliphatic heterocycles. The topological polar surface area (TPSA) is 96.3 Å². The molecule has 1 saturated heterocycles. The first-order valence-corrected chi connectivity index (χ1v) is 9.13. The Hall–Kier alpha value is -2.87. The number of ether oxygens (including phenoxy) is 1. The van der Waals surface area contributed by atoms with Crippen molar-refractivity contribution in [3.63, 3.8) is 0 Å². The molecule has 142 valence electrons. The molecule has 1 aromatic carbocycles. The number of hydrogen-bond acceptors (Lipinski definition) is 5. The van der Waals surface area contributed by atoms with Crippen molar-refractivity contribution in [3.05, 3.63) is 47.8 Å². The Bertz CT molecular complexity index is 934. The maximum absolute atomic E-state index is 12.6. The van der Waals surface area contributed by atoms with Crippen LogP contribution in [-0.4, -0.2) is 51.9 Å². The number of morpholine rings is 1. The van der Waals surface area contributed by atoms with Gasteiger partial charge in [0.2, 0.25) is 11.8 Å². The van der Waals surface area contributed by atoms with Crippen LogP contribution in [0.4, 0.5) is 4.79 Å². The van der Waals surface area contributed by atoms with Crippen LogP contribution in [0.3, 0.4) is 0 Å². The fraction of sp³-hybridized carbons (Fsp3) is 0.421. The zero-order chi connectivity index (χ0) is 18.8. The second-order valence-electron chi connectivity index (χ2n) is 6.84. The zero-order valence-corrected chi connectivity index (χ0v) is 15.4. The van der Waals surface area contributed by atoms with Crippen molar-refractivity contribution in [2.45, 2.75) is 32.5 Å². The molecule has 0 spiro atoms. The lowest BCUT2D eigenvalue weighted by atomic mass is 10.1. The largest absolute Gasteiger partial charge is 0.423 e. The molecule has 0 radical (unpaired) electrons. The maximum atomic E-state index is 12.6. The highest BCUT2D eigenvalue weighted by atomic mass is 16.5. The fourth-order valence-electron chi connectivity index (χ4n) is 3.48. The van der Waals surface area contributed by atoms with Gasteiger partial charge in [0.1, 0.15) is 0 Å². The standard InChI is InChI=1S/C19H23N5O3/c1-12-10-24(11-17(26-12)18-23-22-13(2)27-18)19(25)21-8-6-14-4-3-5-16-15(14)7-9-20-16/h3-5,7,9,12,17,20H,6,8,10-11H2,1-2H3,(H,21,25)/t12-,17-/m1/s1. The lowest BCUT2D eigenvalue weighted by Gasteiger charge is -2.35. The zero-order valence-electron chi connectivity index (χ0n) is 15.4. The molecule has 2 amide bonds. The van der Waals surface area contributed by atoms with E-state index in [1.54, 1.807) is 11.8 Å². The van der Waals surface area contributed by atoms with Crippen molar-refractivity contribution >= 4 is 16.9 Å². The van der Waals surface area contributed by atoms with Gasteiger partial charge >= 0.3 is 6.03 Å². The first kappa shape index (κ1) is 17.5. The van der Waals surface area contributed by atoms with E-state index in [2.05, 4.69) is 32.6 Å². The summed E-state index contributed by atoms with van der Waals surface area (Å²) < 4.78 is 11.3. The van der Waals surface area contributed by atoms with Crippen LogP contribution in [0.25, 0.3) is 10.9 Å². The Morgan fingerprint density at radius 1 is 1.33 bits per heavy atom. The third-order valence-electron chi connectivity index (χ3n) is 4.72. The van der Waals surface area contributed by atoms with E-state index < -0.39 is 6.10 Å². The summed E-state index contributed by atoms with van der Waals surface area (Å²) in [7, 11) is 0. The molecule has 1 fully saturated rings. The molecule has 3 aromatic rings. The predicted molar refractivity (Wildman–Crippen MR) is 99.3 cm³/mol. The van der Waals surface area contributed by atoms with Crippen LogP contribution in [0, 0.1) is 6.92 Å². The van der Waals surface area contributed by atoms with Gasteiger partial charge in [-0.2, -0.15) is 0 Å². The molecular formula is C19H23N5O3. The SMILES string of the molecule is Cc1nnc([C@H]2CN(C(=O)NCCc3cccc4[nH]ccc34)C[C@@H](C)O2)o1. The Morgan fingerprint density at radius 3 is 3.04 bits per heavy atom. The summed E-state index contributed by atoms with van der Waals surface area (Å²) in [4.78, 5) is 17.6. The Morgan fingerprint density at radius 2 is 2.22 bits per heavy atom. The number of carbonyl (C=O) groups is 1. The third kappa shape index (κ3) is 3.80. The summed E-state index contributed by atoms with van der Waals surface area (Å²) in [5.74, 6) is 0.901. The number of aromatic nitrogens is 3. The molecule has 3 heterocycles. The van der Waals surface area contributed by atoms with E-state index in [0.717, 1.165) is 11.9 Å². The molecule has 4 rings (SSSR count). The van der Waals surface area contributed by atoms with Gasteiger partial charge in [0.25, 0.3) is 0 Å². The minimum atomic E-state index is -0.394. The van der Waals surface area contributed by atoms with Crippen LogP contribution in [0.2, 0.25) is 0 Å². The number of aromatic amines is 1. The van der Waals surface area contributed by atoms with Gasteiger partial charge in [-0.15, -0.1) is 10.2 Å². The van der Waals surface area contributed by atoms with Gasteiger partial charge in [-0.25, -0.2) is 4.79 Å². The van der Waals surface area contributed by atoms with Crippen molar-refractivity contribution in [2.75, 3.05) is 19.6 Å². The molecule has 8 nitrogen and oxygen atoms in total. The molecule has 0 aliphatic carbocycles. The second kappa shape index (κ2) is 7.40. The van der Waals surface area contributed by atoms with Gasteiger partial charge in [-0.3, -0.25) is 0 Å².